The zero-order chi connectivity index (χ0) is 25.7. The number of hydrogen-bond acceptors (Lipinski definition) is 5. The molecule has 0 radical (unpaired) electrons. The fourth-order valence-corrected chi connectivity index (χ4v) is 5.33. The van der Waals surface area contributed by atoms with E-state index < -0.39 is 6.04 Å². The van der Waals surface area contributed by atoms with Crippen LogP contribution in [0.2, 0.25) is 0 Å². The second-order valence-electron chi connectivity index (χ2n) is 9.37. The molecule has 2 aromatic carbocycles. The number of benzene rings is 2. The van der Waals surface area contributed by atoms with Crippen molar-refractivity contribution in [1.29, 1.82) is 0 Å². The predicted molar refractivity (Wildman–Crippen MR) is 143 cm³/mol. The lowest BCUT2D eigenvalue weighted by Gasteiger charge is -2.35. The molecule has 9 heteroatoms. The van der Waals surface area contributed by atoms with Crippen LogP contribution in [-0.4, -0.2) is 66.1 Å². The molecule has 2 amide bonds. The summed E-state index contributed by atoms with van der Waals surface area (Å²) in [6.07, 6.45) is 3.14. The van der Waals surface area contributed by atoms with Crippen LogP contribution in [0.3, 0.4) is 0 Å². The number of thiocarbonyl (C=S) groups is 1. The number of carbonyl (C=O) groups is 2. The fourth-order valence-electron chi connectivity index (χ4n) is 4.94. The normalized spacial score (nSPS) is 19.1. The van der Waals surface area contributed by atoms with Crippen molar-refractivity contribution in [3.8, 4) is 5.75 Å². The van der Waals surface area contributed by atoms with Crippen LogP contribution in [-0.2, 0) is 9.59 Å². The largest absolute Gasteiger partial charge is 0.497 e. The average molecular weight is 513 g/mol. The second kappa shape index (κ2) is 11.8. The number of halogens is 1. The van der Waals surface area contributed by atoms with Gasteiger partial charge in [-0.2, -0.15) is 0 Å². The van der Waals surface area contributed by atoms with Crippen LogP contribution in [0.1, 0.15) is 32.6 Å². The molecule has 0 saturated carbocycles. The van der Waals surface area contributed by atoms with Crippen LogP contribution in [0, 0.1) is 11.7 Å². The van der Waals surface area contributed by atoms with Gasteiger partial charge in [-0.15, -0.1) is 0 Å². The molecule has 2 aliphatic rings. The number of likely N-dealkylation sites (tertiary alicyclic amines) is 1. The molecule has 2 aliphatic heterocycles. The van der Waals surface area contributed by atoms with Crippen molar-refractivity contribution in [3.63, 3.8) is 0 Å². The molecular weight excluding hydrogens is 479 g/mol. The highest BCUT2D eigenvalue weighted by molar-refractivity contribution is 7.80. The van der Waals surface area contributed by atoms with E-state index in [-0.39, 0.29) is 24.1 Å². The number of rotatable bonds is 9. The Hall–Kier alpha value is -3.04. The first-order chi connectivity index (χ1) is 17.4. The summed E-state index contributed by atoms with van der Waals surface area (Å²) in [4.78, 5) is 32.5. The Kier molecular flexibility index (Phi) is 8.53. The van der Waals surface area contributed by atoms with E-state index >= 15 is 0 Å². The summed E-state index contributed by atoms with van der Waals surface area (Å²) in [7, 11) is 1.57. The van der Waals surface area contributed by atoms with Crippen LogP contribution in [0.5, 0.6) is 5.75 Å². The Morgan fingerprint density at radius 1 is 1.17 bits per heavy atom. The number of carbonyl (C=O) groups excluding carboxylic acids is 2. The molecule has 2 fully saturated rings. The van der Waals surface area contributed by atoms with Gasteiger partial charge in [-0.05, 0) is 93.4 Å². The highest BCUT2D eigenvalue weighted by atomic mass is 32.1. The number of hydrogen-bond donors (Lipinski definition) is 1. The highest BCUT2D eigenvalue weighted by Crippen LogP contribution is 2.31. The van der Waals surface area contributed by atoms with E-state index in [1.807, 2.05) is 23.1 Å². The Balaban J connectivity index is 1.53. The first-order valence-electron chi connectivity index (χ1n) is 12.5. The van der Waals surface area contributed by atoms with Crippen LogP contribution < -0.4 is 15.0 Å². The summed E-state index contributed by atoms with van der Waals surface area (Å²) in [5.41, 5.74) is 1.10. The number of ether oxygens (including phenoxy) is 1. The van der Waals surface area contributed by atoms with Gasteiger partial charge < -0.3 is 19.9 Å². The average Bonchev–Trinajstić information content (AvgIpc) is 3.10. The lowest BCUT2D eigenvalue weighted by atomic mass is 9.95. The van der Waals surface area contributed by atoms with Gasteiger partial charge >= 0.3 is 0 Å². The Labute approximate surface area is 217 Å². The highest BCUT2D eigenvalue weighted by Gasteiger charge is 2.45. The van der Waals surface area contributed by atoms with Crippen LogP contribution in [0.4, 0.5) is 15.8 Å². The van der Waals surface area contributed by atoms with Crippen LogP contribution >= 0.6 is 12.2 Å². The van der Waals surface area contributed by atoms with Gasteiger partial charge in [-0.25, -0.2) is 4.39 Å². The van der Waals surface area contributed by atoms with Gasteiger partial charge in [0, 0.05) is 18.3 Å². The minimum Gasteiger partial charge on any atom is -0.497 e. The third kappa shape index (κ3) is 6.02. The molecule has 2 heterocycles. The topological polar surface area (TPSA) is 65.1 Å². The predicted octanol–water partition coefficient (Wildman–Crippen LogP) is 4.29. The SMILES string of the molecule is CCCN1CCC(CN2C(=S)N(c3cccc(OC)c3)C(=O)[C@@H]2CC(=O)Nc2ccc(F)cc2)CC1. The third-order valence-corrected chi connectivity index (χ3v) is 7.26. The first-order valence-corrected chi connectivity index (χ1v) is 12.9. The number of nitrogens with zero attached hydrogens (tertiary/aromatic N) is 3. The van der Waals surface area contributed by atoms with E-state index in [1.54, 1.807) is 13.2 Å². The number of piperidine rings is 1. The molecule has 0 aliphatic carbocycles. The molecule has 0 aromatic heterocycles. The van der Waals surface area contributed by atoms with E-state index in [2.05, 4.69) is 17.1 Å². The molecule has 2 saturated heterocycles. The summed E-state index contributed by atoms with van der Waals surface area (Å²) >= 11 is 5.81. The van der Waals surface area contributed by atoms with E-state index in [4.69, 9.17) is 17.0 Å². The summed E-state index contributed by atoms with van der Waals surface area (Å²) in [6, 6.07) is 12.1. The zero-order valence-electron chi connectivity index (χ0n) is 20.8. The van der Waals surface area contributed by atoms with Crippen LogP contribution in [0.25, 0.3) is 0 Å². The minimum atomic E-state index is -0.710. The lowest BCUT2D eigenvalue weighted by molar-refractivity contribution is -0.124. The number of methoxy groups -OCH3 is 1. The Bertz CT molecular complexity index is 1090. The van der Waals surface area contributed by atoms with Gasteiger partial charge in [0.1, 0.15) is 17.6 Å². The molecule has 1 N–H and O–H groups in total. The van der Waals surface area contributed by atoms with Gasteiger partial charge in [0.05, 0.1) is 19.2 Å². The smallest absolute Gasteiger partial charge is 0.256 e. The monoisotopic (exact) mass is 512 g/mol. The molecular formula is C27H33FN4O3S. The second-order valence-corrected chi connectivity index (χ2v) is 9.74. The van der Waals surface area contributed by atoms with Crippen molar-refractivity contribution >= 4 is 40.5 Å². The van der Waals surface area contributed by atoms with Crippen molar-refractivity contribution in [2.75, 3.05) is 43.5 Å². The van der Waals surface area contributed by atoms with E-state index in [0.29, 0.717) is 34.7 Å². The van der Waals surface area contributed by atoms with Crippen molar-refractivity contribution in [2.24, 2.45) is 5.92 Å². The Morgan fingerprint density at radius 2 is 1.89 bits per heavy atom. The maximum atomic E-state index is 13.7. The summed E-state index contributed by atoms with van der Waals surface area (Å²) in [5, 5.41) is 3.18. The van der Waals surface area contributed by atoms with Crippen molar-refractivity contribution < 1.29 is 18.7 Å². The van der Waals surface area contributed by atoms with E-state index in [1.165, 1.54) is 29.2 Å². The maximum absolute atomic E-state index is 13.7. The summed E-state index contributed by atoms with van der Waals surface area (Å²) < 4.78 is 18.6. The van der Waals surface area contributed by atoms with Gasteiger partial charge in [0.15, 0.2) is 5.11 Å². The summed E-state index contributed by atoms with van der Waals surface area (Å²) in [6.45, 7) is 5.97. The van der Waals surface area contributed by atoms with Gasteiger partial charge in [-0.1, -0.05) is 13.0 Å². The molecule has 0 spiro atoms. The Morgan fingerprint density at radius 3 is 2.56 bits per heavy atom. The lowest BCUT2D eigenvalue weighted by Crippen LogP contribution is -2.44. The summed E-state index contributed by atoms with van der Waals surface area (Å²) in [5.74, 6) is 0.0746. The van der Waals surface area contributed by atoms with Gasteiger partial charge in [-0.3, -0.25) is 14.5 Å². The third-order valence-electron chi connectivity index (χ3n) is 6.84. The molecule has 192 valence electrons. The number of anilines is 2. The molecule has 7 nitrogen and oxygen atoms in total. The maximum Gasteiger partial charge on any atom is 0.256 e. The van der Waals surface area contributed by atoms with E-state index in [9.17, 15) is 14.0 Å². The van der Waals surface area contributed by atoms with E-state index in [0.717, 1.165) is 38.9 Å². The zero-order valence-corrected chi connectivity index (χ0v) is 21.6. The molecule has 0 bridgehead atoms. The molecule has 0 unspecified atom stereocenters. The molecule has 2 aromatic rings. The molecule has 36 heavy (non-hydrogen) atoms. The number of amides is 2. The van der Waals surface area contributed by atoms with Gasteiger partial charge in [0.25, 0.3) is 5.91 Å². The van der Waals surface area contributed by atoms with Crippen molar-refractivity contribution in [1.82, 2.24) is 9.80 Å². The fraction of sp³-hybridized carbons (Fsp3) is 0.444. The van der Waals surface area contributed by atoms with Crippen LogP contribution in [0.15, 0.2) is 48.5 Å². The molecule has 4 rings (SSSR count). The molecule has 1 atom stereocenters. The number of nitrogens with one attached hydrogen (secondary N) is 1. The van der Waals surface area contributed by atoms with Crippen molar-refractivity contribution in [2.45, 2.75) is 38.6 Å². The quantitative estimate of drug-likeness (QED) is 0.506. The van der Waals surface area contributed by atoms with Crippen molar-refractivity contribution in [3.05, 3.63) is 54.3 Å². The first kappa shape index (κ1) is 26.0. The van der Waals surface area contributed by atoms with Gasteiger partial charge in [0.2, 0.25) is 5.91 Å². The standard InChI is InChI=1S/C27H33FN4O3S/c1-3-13-30-14-11-19(12-15-30)18-31-24(17-25(33)29-21-9-7-20(28)8-10-21)26(34)32(27(31)36)22-5-4-6-23(16-22)35-2/h4-10,16,19,24H,3,11-15,17-18H2,1-2H3,(H,29,33)/t24-/m0/s1. The minimum absolute atomic E-state index is 0.0501.